The average molecular weight is 452 g/mol. The first-order valence-electron chi connectivity index (χ1n) is 9.09. The molecule has 3 aromatic rings. The van der Waals surface area contributed by atoms with Crippen molar-refractivity contribution >= 4 is 44.4 Å². The Morgan fingerprint density at radius 3 is 2.77 bits per heavy atom. The Hall–Kier alpha value is -2.50. The first kappa shape index (κ1) is 22.2. The van der Waals surface area contributed by atoms with E-state index in [1.807, 2.05) is 13.2 Å². The van der Waals surface area contributed by atoms with E-state index < -0.39 is 32.7 Å². The van der Waals surface area contributed by atoms with E-state index in [0.717, 1.165) is 23.2 Å². The maximum atomic E-state index is 14.0. The van der Waals surface area contributed by atoms with Gasteiger partial charge in [0.2, 0.25) is 15.9 Å². The Labute approximate surface area is 178 Å². The summed E-state index contributed by atoms with van der Waals surface area (Å²) in [4.78, 5) is 16.7. The van der Waals surface area contributed by atoms with Crippen LogP contribution < -0.4 is 10.0 Å². The molecule has 1 atom stereocenters. The number of sulfonamides is 1. The lowest BCUT2D eigenvalue weighted by atomic mass is 10.2. The molecule has 0 aliphatic rings. The summed E-state index contributed by atoms with van der Waals surface area (Å²) in [7, 11) is -2.45. The normalized spacial score (nSPS) is 12.8. The van der Waals surface area contributed by atoms with Gasteiger partial charge in [0.05, 0.1) is 17.6 Å². The maximum absolute atomic E-state index is 14.0. The van der Waals surface area contributed by atoms with Crippen molar-refractivity contribution in [3.05, 3.63) is 48.0 Å². The van der Waals surface area contributed by atoms with Gasteiger partial charge < -0.3 is 5.32 Å². The number of nitrogens with zero attached hydrogens (tertiary/aromatic N) is 3. The smallest absolute Gasteiger partial charge is 0.244 e. The van der Waals surface area contributed by atoms with Gasteiger partial charge in [-0.05, 0) is 43.6 Å². The molecule has 0 spiro atoms. The zero-order valence-electron chi connectivity index (χ0n) is 16.7. The molecule has 2 heterocycles. The number of fused-ring (bicyclic) bond motifs is 1. The summed E-state index contributed by atoms with van der Waals surface area (Å²) in [5.74, 6) is -0.890. The van der Waals surface area contributed by atoms with Crippen molar-refractivity contribution in [2.24, 2.45) is 7.05 Å². The molecule has 0 radical (unpaired) electrons. The lowest BCUT2D eigenvalue weighted by Gasteiger charge is -2.18. The largest absolute Gasteiger partial charge is 0.323 e. The second-order valence-electron chi connectivity index (χ2n) is 6.68. The van der Waals surface area contributed by atoms with Gasteiger partial charge in [-0.25, -0.2) is 17.8 Å². The topological polar surface area (TPSA) is 106 Å². The number of carbonyl (C=O) groups is 1. The molecule has 0 aliphatic heterocycles. The van der Waals surface area contributed by atoms with Gasteiger partial charge in [-0.3, -0.25) is 9.48 Å². The van der Waals surface area contributed by atoms with Gasteiger partial charge in [-0.15, -0.1) is 0 Å². The number of anilines is 1. The first-order valence-corrected chi connectivity index (χ1v) is 12.0. The van der Waals surface area contributed by atoms with Crippen molar-refractivity contribution in [2.75, 3.05) is 17.3 Å². The van der Waals surface area contributed by atoms with Crippen LogP contribution in [0.2, 0.25) is 0 Å². The Balaban J connectivity index is 1.83. The lowest BCUT2D eigenvalue weighted by molar-refractivity contribution is -0.117. The van der Waals surface area contributed by atoms with Crippen molar-refractivity contribution < 1.29 is 17.6 Å². The molecule has 8 nitrogen and oxygen atoms in total. The highest BCUT2D eigenvalue weighted by molar-refractivity contribution is 7.98. The fourth-order valence-electron chi connectivity index (χ4n) is 3.00. The number of rotatable bonds is 8. The number of amides is 1. The standard InChI is InChI=1S/C19H22FN5O3S2/c1-12-14-10-13(11-21-18(14)25(2)23-12)22-19(26)16(8-9-29-3)24-30(27,28)17-7-5-4-6-15(17)20/h4-7,10-11,16,24H,8-9H2,1-3H3,(H,22,26). The van der Waals surface area contributed by atoms with Crippen LogP contribution in [0.4, 0.5) is 10.1 Å². The monoisotopic (exact) mass is 451 g/mol. The number of aryl methyl sites for hydroxylation is 2. The van der Waals surface area contributed by atoms with Gasteiger partial charge in [-0.1, -0.05) is 12.1 Å². The molecule has 2 aromatic heterocycles. The van der Waals surface area contributed by atoms with Gasteiger partial charge >= 0.3 is 0 Å². The van der Waals surface area contributed by atoms with Crippen LogP contribution in [0.3, 0.4) is 0 Å². The van der Waals surface area contributed by atoms with Gasteiger partial charge in [0.25, 0.3) is 0 Å². The van der Waals surface area contributed by atoms with E-state index in [4.69, 9.17) is 0 Å². The summed E-state index contributed by atoms with van der Waals surface area (Å²) >= 11 is 1.47. The van der Waals surface area contributed by atoms with Crippen molar-refractivity contribution in [2.45, 2.75) is 24.3 Å². The number of hydrogen-bond donors (Lipinski definition) is 2. The van der Waals surface area contributed by atoms with Crippen LogP contribution in [0.25, 0.3) is 11.0 Å². The Kier molecular flexibility index (Phi) is 6.74. The van der Waals surface area contributed by atoms with Gasteiger partial charge in [0, 0.05) is 12.4 Å². The van der Waals surface area contributed by atoms with Crippen LogP contribution in [0.15, 0.2) is 41.4 Å². The Morgan fingerprint density at radius 1 is 1.33 bits per heavy atom. The van der Waals surface area contributed by atoms with E-state index in [9.17, 15) is 17.6 Å². The summed E-state index contributed by atoms with van der Waals surface area (Å²) in [6, 6.07) is 5.70. The highest BCUT2D eigenvalue weighted by atomic mass is 32.2. The zero-order valence-corrected chi connectivity index (χ0v) is 18.3. The molecule has 0 saturated carbocycles. The van der Waals surface area contributed by atoms with Crippen molar-refractivity contribution in [1.29, 1.82) is 0 Å². The van der Waals surface area contributed by atoms with E-state index in [1.54, 1.807) is 17.8 Å². The molecule has 30 heavy (non-hydrogen) atoms. The van der Waals surface area contributed by atoms with Crippen molar-refractivity contribution in [3.63, 3.8) is 0 Å². The van der Waals surface area contributed by atoms with Crippen LogP contribution in [0.5, 0.6) is 0 Å². The second-order valence-corrected chi connectivity index (χ2v) is 9.35. The van der Waals surface area contributed by atoms with Crippen molar-refractivity contribution in [3.8, 4) is 0 Å². The highest BCUT2D eigenvalue weighted by Crippen LogP contribution is 2.20. The summed E-state index contributed by atoms with van der Waals surface area (Å²) in [5, 5.41) is 7.77. The number of nitrogens with one attached hydrogen (secondary N) is 2. The fraction of sp³-hybridized carbons (Fsp3) is 0.316. The van der Waals surface area contributed by atoms with Gasteiger partial charge in [0.1, 0.15) is 16.8 Å². The van der Waals surface area contributed by atoms with Crippen LogP contribution in [-0.2, 0) is 21.9 Å². The van der Waals surface area contributed by atoms with Crippen LogP contribution >= 0.6 is 11.8 Å². The zero-order chi connectivity index (χ0) is 21.9. The maximum Gasteiger partial charge on any atom is 0.244 e. The van der Waals surface area contributed by atoms with Gasteiger partial charge in [0.15, 0.2) is 5.65 Å². The van der Waals surface area contributed by atoms with Crippen LogP contribution in [0.1, 0.15) is 12.1 Å². The van der Waals surface area contributed by atoms with E-state index >= 15 is 0 Å². The third kappa shape index (κ3) is 4.79. The molecule has 1 unspecified atom stereocenters. The number of hydrogen-bond acceptors (Lipinski definition) is 6. The number of carbonyl (C=O) groups excluding carboxylic acids is 1. The minimum atomic E-state index is -4.22. The molecular formula is C19H22FN5O3S2. The second kappa shape index (κ2) is 9.11. The molecule has 0 aliphatic carbocycles. The van der Waals surface area contributed by atoms with E-state index in [2.05, 4.69) is 20.1 Å². The van der Waals surface area contributed by atoms with E-state index in [1.165, 1.54) is 30.1 Å². The summed E-state index contributed by atoms with van der Waals surface area (Å²) in [5.41, 5.74) is 1.85. The van der Waals surface area contributed by atoms with E-state index in [-0.39, 0.29) is 6.42 Å². The quantitative estimate of drug-likeness (QED) is 0.545. The summed E-state index contributed by atoms with van der Waals surface area (Å²) < 4.78 is 43.2. The fourth-order valence-corrected chi connectivity index (χ4v) is 4.78. The third-order valence-corrected chi connectivity index (χ3v) is 6.63. The molecule has 0 saturated heterocycles. The highest BCUT2D eigenvalue weighted by Gasteiger charge is 2.27. The van der Waals surface area contributed by atoms with E-state index in [0.29, 0.717) is 17.1 Å². The average Bonchev–Trinajstić information content (AvgIpc) is 2.98. The molecule has 3 rings (SSSR count). The first-order chi connectivity index (χ1) is 14.2. The lowest BCUT2D eigenvalue weighted by Crippen LogP contribution is -2.44. The SMILES string of the molecule is CSCCC(NS(=O)(=O)c1ccccc1F)C(=O)Nc1cnc2c(c1)c(C)nn2C. The summed E-state index contributed by atoms with van der Waals surface area (Å²) in [6.07, 6.45) is 3.57. The molecule has 1 amide bonds. The minimum Gasteiger partial charge on any atom is -0.323 e. The van der Waals surface area contributed by atoms with Crippen LogP contribution in [-0.4, -0.2) is 47.1 Å². The molecule has 160 valence electrons. The number of aromatic nitrogens is 3. The van der Waals surface area contributed by atoms with Gasteiger partial charge in [-0.2, -0.15) is 21.6 Å². The molecular weight excluding hydrogens is 429 g/mol. The Morgan fingerprint density at radius 2 is 2.07 bits per heavy atom. The molecule has 2 N–H and O–H groups in total. The predicted octanol–water partition coefficient (Wildman–Crippen LogP) is 2.45. The number of thioether (sulfide) groups is 1. The molecule has 11 heteroatoms. The van der Waals surface area contributed by atoms with Crippen LogP contribution in [0, 0.1) is 12.7 Å². The predicted molar refractivity (Wildman–Crippen MR) is 115 cm³/mol. The molecule has 0 fully saturated rings. The molecule has 1 aromatic carbocycles. The number of pyridine rings is 1. The minimum absolute atomic E-state index is 0.238. The molecule has 0 bridgehead atoms. The third-order valence-electron chi connectivity index (χ3n) is 4.48. The Bertz CT molecular complexity index is 1180. The van der Waals surface area contributed by atoms with Crippen molar-refractivity contribution in [1.82, 2.24) is 19.5 Å². The summed E-state index contributed by atoms with van der Waals surface area (Å²) in [6.45, 7) is 1.83. The number of benzene rings is 1. The number of halogens is 1.